The number of pyridine rings is 1. The van der Waals surface area contributed by atoms with Crippen LogP contribution in [-0.4, -0.2) is 41.4 Å². The summed E-state index contributed by atoms with van der Waals surface area (Å²) in [5.41, 5.74) is 7.49. The van der Waals surface area contributed by atoms with Crippen molar-refractivity contribution in [3.63, 3.8) is 0 Å². The van der Waals surface area contributed by atoms with Gasteiger partial charge in [-0.15, -0.1) is 10.2 Å². The minimum absolute atomic E-state index is 0.206. The number of nitrogens with zero attached hydrogens (tertiary/aromatic N) is 4. The molecule has 0 unspecified atom stereocenters. The molecule has 0 aliphatic heterocycles. The van der Waals surface area contributed by atoms with Crippen molar-refractivity contribution in [2.24, 2.45) is 0 Å². The van der Waals surface area contributed by atoms with Crippen molar-refractivity contribution in [2.75, 3.05) is 19.8 Å². The fourth-order valence-corrected chi connectivity index (χ4v) is 3.28. The van der Waals surface area contributed by atoms with E-state index >= 15 is 0 Å². The van der Waals surface area contributed by atoms with Crippen molar-refractivity contribution in [3.05, 3.63) is 41.6 Å². The van der Waals surface area contributed by atoms with Gasteiger partial charge in [-0.05, 0) is 30.3 Å². The van der Waals surface area contributed by atoms with Gasteiger partial charge in [-0.2, -0.15) is 0 Å². The Kier molecular flexibility index (Phi) is 3.75. The number of aromatic nitrogens is 3. The molecule has 9 heteroatoms. The number of nitrogens with two attached hydrogens (primary N) is 1. The summed E-state index contributed by atoms with van der Waals surface area (Å²) in [5, 5.41) is 8.61. The summed E-state index contributed by atoms with van der Waals surface area (Å²) in [6.07, 6.45) is 1.66. The normalized spacial score (nSPS) is 12.2. The third-order valence-corrected chi connectivity index (χ3v) is 5.43. The van der Waals surface area contributed by atoms with Crippen LogP contribution in [0.15, 0.2) is 41.4 Å². The number of rotatable bonds is 3. The van der Waals surface area contributed by atoms with E-state index in [0.29, 0.717) is 27.7 Å². The number of fused-ring (bicyclic) bond motifs is 1. The molecule has 3 rings (SSSR count). The van der Waals surface area contributed by atoms with E-state index < -0.39 is 10.0 Å². The van der Waals surface area contributed by atoms with Gasteiger partial charge in [0.2, 0.25) is 10.0 Å². The van der Waals surface area contributed by atoms with E-state index in [2.05, 4.69) is 10.2 Å². The highest BCUT2D eigenvalue weighted by Crippen LogP contribution is 2.25. The van der Waals surface area contributed by atoms with Gasteiger partial charge in [0.15, 0.2) is 11.5 Å². The summed E-state index contributed by atoms with van der Waals surface area (Å²) in [5.74, 6) is 0.531. The Labute approximate surface area is 138 Å². The third-order valence-electron chi connectivity index (χ3n) is 3.39. The van der Waals surface area contributed by atoms with Crippen LogP contribution in [0, 0.1) is 0 Å². The van der Waals surface area contributed by atoms with Crippen molar-refractivity contribution < 1.29 is 8.42 Å². The number of halogens is 1. The Balaban J connectivity index is 2.11. The molecule has 1 aromatic carbocycles. The van der Waals surface area contributed by atoms with E-state index in [4.69, 9.17) is 17.3 Å². The van der Waals surface area contributed by atoms with Gasteiger partial charge >= 0.3 is 0 Å². The SMILES string of the molecule is CN(C)S(=O)(=O)c1ccc(-c2nnc3c(N)cc(Cl)cn23)cc1. The van der Waals surface area contributed by atoms with Crippen LogP contribution in [0.1, 0.15) is 0 Å². The van der Waals surface area contributed by atoms with Crippen LogP contribution in [0.25, 0.3) is 17.0 Å². The van der Waals surface area contributed by atoms with Gasteiger partial charge < -0.3 is 5.73 Å². The van der Waals surface area contributed by atoms with Crippen LogP contribution in [0.4, 0.5) is 5.69 Å². The van der Waals surface area contributed by atoms with Crippen LogP contribution in [0.2, 0.25) is 5.02 Å². The van der Waals surface area contributed by atoms with Gasteiger partial charge in [0.25, 0.3) is 0 Å². The lowest BCUT2D eigenvalue weighted by Gasteiger charge is -2.11. The number of benzene rings is 1. The Morgan fingerprint density at radius 2 is 1.83 bits per heavy atom. The second-order valence-corrected chi connectivity index (χ2v) is 7.73. The van der Waals surface area contributed by atoms with Gasteiger partial charge in [0, 0.05) is 25.9 Å². The Hall–Kier alpha value is -2.16. The predicted octanol–water partition coefficient (Wildman–Crippen LogP) is 1.88. The van der Waals surface area contributed by atoms with E-state index in [0.717, 1.165) is 4.31 Å². The minimum Gasteiger partial charge on any atom is -0.396 e. The van der Waals surface area contributed by atoms with Crippen molar-refractivity contribution in [1.82, 2.24) is 18.9 Å². The van der Waals surface area contributed by atoms with Gasteiger partial charge in [-0.1, -0.05) is 11.6 Å². The summed E-state index contributed by atoms with van der Waals surface area (Å²) in [6, 6.07) is 8.00. The summed E-state index contributed by atoms with van der Waals surface area (Å²) < 4.78 is 27.0. The lowest BCUT2D eigenvalue weighted by Crippen LogP contribution is -2.22. The summed E-state index contributed by atoms with van der Waals surface area (Å²) in [4.78, 5) is 0.206. The van der Waals surface area contributed by atoms with Crippen molar-refractivity contribution in [1.29, 1.82) is 0 Å². The molecule has 2 heterocycles. The smallest absolute Gasteiger partial charge is 0.242 e. The molecule has 23 heavy (non-hydrogen) atoms. The van der Waals surface area contributed by atoms with E-state index in [1.165, 1.54) is 26.2 Å². The van der Waals surface area contributed by atoms with Crippen molar-refractivity contribution in [2.45, 2.75) is 4.90 Å². The van der Waals surface area contributed by atoms with Crippen LogP contribution >= 0.6 is 11.6 Å². The number of nitrogen functional groups attached to an aromatic ring is 1. The van der Waals surface area contributed by atoms with Crippen LogP contribution in [0.5, 0.6) is 0 Å². The topological polar surface area (TPSA) is 93.6 Å². The molecule has 2 aromatic heterocycles. The minimum atomic E-state index is -3.47. The average Bonchev–Trinajstić information content (AvgIpc) is 2.91. The molecule has 3 aromatic rings. The first-order valence-corrected chi connectivity index (χ1v) is 8.45. The molecule has 0 radical (unpaired) electrons. The summed E-state index contributed by atoms with van der Waals surface area (Å²) in [7, 11) is -0.497. The van der Waals surface area contributed by atoms with Crippen molar-refractivity contribution >= 4 is 33.0 Å². The van der Waals surface area contributed by atoms with Gasteiger partial charge in [0.05, 0.1) is 15.6 Å². The molecular formula is C14H14ClN5O2S. The molecule has 0 saturated heterocycles. The Bertz CT molecular complexity index is 980. The maximum Gasteiger partial charge on any atom is 0.242 e. The predicted molar refractivity (Wildman–Crippen MR) is 88.7 cm³/mol. The maximum atomic E-state index is 12.1. The molecule has 0 fully saturated rings. The number of anilines is 1. The lowest BCUT2D eigenvalue weighted by atomic mass is 10.2. The first-order valence-electron chi connectivity index (χ1n) is 6.63. The quantitative estimate of drug-likeness (QED) is 0.777. The van der Waals surface area contributed by atoms with E-state index in [-0.39, 0.29) is 4.90 Å². The second-order valence-electron chi connectivity index (χ2n) is 5.14. The van der Waals surface area contributed by atoms with Gasteiger partial charge in [-0.25, -0.2) is 12.7 Å². The molecule has 0 aliphatic rings. The zero-order chi connectivity index (χ0) is 16.8. The fraction of sp³-hybridized carbons (Fsp3) is 0.143. The number of sulfonamides is 1. The molecule has 2 N–H and O–H groups in total. The maximum absolute atomic E-state index is 12.1. The largest absolute Gasteiger partial charge is 0.396 e. The average molecular weight is 352 g/mol. The zero-order valence-corrected chi connectivity index (χ0v) is 14.0. The highest BCUT2D eigenvalue weighted by molar-refractivity contribution is 7.89. The molecular weight excluding hydrogens is 338 g/mol. The first kappa shape index (κ1) is 15.7. The zero-order valence-electron chi connectivity index (χ0n) is 12.4. The number of hydrogen-bond acceptors (Lipinski definition) is 5. The highest BCUT2D eigenvalue weighted by atomic mass is 35.5. The molecule has 0 aliphatic carbocycles. The Morgan fingerprint density at radius 1 is 1.17 bits per heavy atom. The molecule has 0 amide bonds. The molecule has 0 atom stereocenters. The van der Waals surface area contributed by atoms with E-state index in [9.17, 15) is 8.42 Å². The van der Waals surface area contributed by atoms with Gasteiger partial charge in [-0.3, -0.25) is 4.40 Å². The lowest BCUT2D eigenvalue weighted by molar-refractivity contribution is 0.521. The first-order chi connectivity index (χ1) is 10.8. The molecule has 0 bridgehead atoms. The van der Waals surface area contributed by atoms with Crippen molar-refractivity contribution in [3.8, 4) is 11.4 Å². The van der Waals surface area contributed by atoms with Crippen LogP contribution < -0.4 is 5.73 Å². The van der Waals surface area contributed by atoms with Crippen LogP contribution in [0.3, 0.4) is 0 Å². The highest BCUT2D eigenvalue weighted by Gasteiger charge is 2.18. The van der Waals surface area contributed by atoms with E-state index in [1.807, 2.05) is 0 Å². The molecule has 120 valence electrons. The second kappa shape index (κ2) is 5.48. The molecule has 7 nitrogen and oxygen atoms in total. The summed E-state index contributed by atoms with van der Waals surface area (Å²) in [6.45, 7) is 0. The molecule has 0 spiro atoms. The third kappa shape index (κ3) is 2.65. The summed E-state index contributed by atoms with van der Waals surface area (Å²) >= 11 is 6.02. The fourth-order valence-electron chi connectivity index (χ4n) is 2.17. The standard InChI is InChI=1S/C14H14ClN5O2S/c1-19(2)23(21,22)11-5-3-9(4-6-11)13-17-18-14-12(16)7-10(15)8-20(13)14/h3-8H,16H2,1-2H3. The van der Waals surface area contributed by atoms with E-state index in [1.54, 1.807) is 28.8 Å². The number of hydrogen-bond donors (Lipinski definition) is 1. The van der Waals surface area contributed by atoms with Crippen LogP contribution in [-0.2, 0) is 10.0 Å². The molecule has 0 saturated carbocycles. The Morgan fingerprint density at radius 3 is 2.43 bits per heavy atom. The monoisotopic (exact) mass is 351 g/mol. The van der Waals surface area contributed by atoms with Gasteiger partial charge in [0.1, 0.15) is 0 Å².